The van der Waals surface area contributed by atoms with E-state index in [2.05, 4.69) is 71.1 Å². The molecule has 0 bridgehead atoms. The van der Waals surface area contributed by atoms with Gasteiger partial charge in [0.2, 0.25) is 0 Å². The van der Waals surface area contributed by atoms with Crippen molar-refractivity contribution in [3.63, 3.8) is 0 Å². The summed E-state index contributed by atoms with van der Waals surface area (Å²) in [6.45, 7) is 16.2. The minimum atomic E-state index is 0. The SMILES string of the molecule is Cc1cc(C)c([N-]CCNCC[N-]c2c(C)cc(C)cc2C)c(C)c1.[CH3-].[Hf+4]. The number of rotatable bonds is 8. The van der Waals surface area contributed by atoms with Gasteiger partial charge in [0, 0.05) is 0 Å². The molecule has 0 fully saturated rings. The molecule has 0 radical (unpaired) electrons. The first kappa shape index (κ1) is 25.9. The minimum Gasteiger partial charge on any atom is -0.683 e. The Labute approximate surface area is 185 Å². The van der Waals surface area contributed by atoms with Gasteiger partial charge < -0.3 is 23.4 Å². The molecule has 0 aliphatic heterocycles. The van der Waals surface area contributed by atoms with Crippen LogP contribution in [0.2, 0.25) is 0 Å². The van der Waals surface area contributed by atoms with Crippen molar-refractivity contribution < 1.29 is 25.8 Å². The van der Waals surface area contributed by atoms with E-state index in [0.29, 0.717) is 0 Å². The van der Waals surface area contributed by atoms with Crippen LogP contribution in [0.5, 0.6) is 0 Å². The van der Waals surface area contributed by atoms with Gasteiger partial charge in [-0.25, -0.2) is 0 Å². The van der Waals surface area contributed by atoms with Crippen LogP contribution >= 0.6 is 0 Å². The van der Waals surface area contributed by atoms with Crippen LogP contribution in [0.15, 0.2) is 24.3 Å². The predicted octanol–water partition coefficient (Wildman–Crippen LogP) is 6.29. The molecular formula is C23H34HfN3+. The van der Waals surface area contributed by atoms with Crippen molar-refractivity contribution in [2.75, 3.05) is 26.2 Å². The summed E-state index contributed by atoms with van der Waals surface area (Å²) in [6.07, 6.45) is 0. The number of benzene rings is 2. The zero-order valence-corrected chi connectivity index (χ0v) is 21.6. The maximum atomic E-state index is 4.75. The number of hydrogen-bond donors (Lipinski definition) is 1. The molecule has 0 amide bonds. The average Bonchev–Trinajstić information content (AvgIpc) is 2.50. The van der Waals surface area contributed by atoms with Gasteiger partial charge in [-0.3, -0.25) is 0 Å². The molecule has 3 nitrogen and oxygen atoms in total. The summed E-state index contributed by atoms with van der Waals surface area (Å²) in [6, 6.07) is 8.80. The molecule has 0 heterocycles. The molecule has 0 aliphatic rings. The maximum Gasteiger partial charge on any atom is 4.00 e. The molecule has 2 rings (SSSR count). The summed E-state index contributed by atoms with van der Waals surface area (Å²) in [7, 11) is 0. The van der Waals surface area contributed by atoms with Gasteiger partial charge in [0.25, 0.3) is 0 Å². The van der Waals surface area contributed by atoms with Crippen LogP contribution in [-0.4, -0.2) is 26.2 Å². The number of nitrogens with zero attached hydrogens (tertiary/aromatic N) is 2. The van der Waals surface area contributed by atoms with Gasteiger partial charge in [0.15, 0.2) is 0 Å². The second-order valence-corrected chi connectivity index (χ2v) is 7.01. The normalized spacial score (nSPS) is 10.0. The topological polar surface area (TPSA) is 40.2 Å². The monoisotopic (exact) mass is 532 g/mol. The molecule has 0 saturated carbocycles. The van der Waals surface area contributed by atoms with E-state index in [1.165, 1.54) is 33.4 Å². The summed E-state index contributed by atoms with van der Waals surface area (Å²) in [5, 5.41) is 12.9. The van der Waals surface area contributed by atoms with Crippen molar-refractivity contribution in [1.82, 2.24) is 5.32 Å². The molecule has 0 saturated heterocycles. The fourth-order valence-corrected chi connectivity index (χ4v) is 3.46. The predicted molar refractivity (Wildman–Crippen MR) is 116 cm³/mol. The van der Waals surface area contributed by atoms with E-state index >= 15 is 0 Å². The van der Waals surface area contributed by atoms with Crippen molar-refractivity contribution in [2.24, 2.45) is 0 Å². The van der Waals surface area contributed by atoms with Crippen molar-refractivity contribution >= 4 is 11.4 Å². The Morgan fingerprint density at radius 1 is 0.630 bits per heavy atom. The van der Waals surface area contributed by atoms with E-state index in [4.69, 9.17) is 10.6 Å². The molecule has 0 atom stereocenters. The Kier molecular flexibility index (Phi) is 11.8. The van der Waals surface area contributed by atoms with Crippen molar-refractivity contribution in [3.05, 3.63) is 75.7 Å². The van der Waals surface area contributed by atoms with E-state index in [-0.39, 0.29) is 33.3 Å². The van der Waals surface area contributed by atoms with Crippen molar-refractivity contribution in [2.45, 2.75) is 41.5 Å². The zero-order valence-electron chi connectivity index (χ0n) is 18.0. The molecule has 0 aromatic heterocycles. The van der Waals surface area contributed by atoms with Gasteiger partial charge >= 0.3 is 25.8 Å². The van der Waals surface area contributed by atoms with E-state index in [1.54, 1.807) is 0 Å². The molecule has 2 aromatic rings. The molecule has 1 N–H and O–H groups in total. The van der Waals surface area contributed by atoms with Crippen LogP contribution in [0.4, 0.5) is 11.4 Å². The van der Waals surface area contributed by atoms with Gasteiger partial charge in [-0.1, -0.05) is 57.6 Å². The van der Waals surface area contributed by atoms with Gasteiger partial charge in [-0.05, 0) is 54.6 Å². The van der Waals surface area contributed by atoms with Gasteiger partial charge in [-0.2, -0.15) is 0 Å². The van der Waals surface area contributed by atoms with Gasteiger partial charge in [0.05, 0.1) is 0 Å². The van der Waals surface area contributed by atoms with E-state index in [9.17, 15) is 0 Å². The van der Waals surface area contributed by atoms with Crippen LogP contribution in [-0.2, 0) is 25.8 Å². The molecule has 4 heteroatoms. The summed E-state index contributed by atoms with van der Waals surface area (Å²) >= 11 is 0. The van der Waals surface area contributed by atoms with Gasteiger partial charge in [0.1, 0.15) is 0 Å². The molecular weight excluding hydrogens is 497 g/mol. The Morgan fingerprint density at radius 3 is 1.22 bits per heavy atom. The van der Waals surface area contributed by atoms with Gasteiger partial charge in [-0.15, -0.1) is 24.5 Å². The third-order valence-corrected chi connectivity index (χ3v) is 4.39. The Morgan fingerprint density at radius 2 is 0.926 bits per heavy atom. The van der Waals surface area contributed by atoms with Crippen molar-refractivity contribution in [3.8, 4) is 0 Å². The Balaban J connectivity index is 0.00000338. The second-order valence-electron chi connectivity index (χ2n) is 7.01. The van der Waals surface area contributed by atoms with Crippen LogP contribution in [0.1, 0.15) is 33.4 Å². The molecule has 0 unspecified atom stereocenters. The quantitative estimate of drug-likeness (QED) is 0.243. The standard InChI is InChI=1S/C22H31N3.CH3.Hf/c1-15-11-17(3)21(18(4)12-15)24-9-7-23-8-10-25-22-19(5)13-16(2)14-20(22)6;;/h11-14,23H,7-10H2,1-6H3;1H3;/q-2;-1;+4. The third kappa shape index (κ3) is 7.79. The third-order valence-electron chi connectivity index (χ3n) is 4.39. The Bertz CT molecular complexity index is 618. The first-order valence-corrected chi connectivity index (χ1v) is 9.10. The zero-order chi connectivity index (χ0) is 18.4. The van der Waals surface area contributed by atoms with Crippen molar-refractivity contribution in [1.29, 1.82) is 0 Å². The second kappa shape index (κ2) is 12.4. The number of nitrogens with one attached hydrogen (secondary N) is 1. The summed E-state index contributed by atoms with van der Waals surface area (Å²) in [5.41, 5.74) is 9.93. The molecule has 27 heavy (non-hydrogen) atoms. The minimum absolute atomic E-state index is 0. The summed E-state index contributed by atoms with van der Waals surface area (Å²) in [4.78, 5) is 0. The van der Waals surface area contributed by atoms with E-state index in [0.717, 1.165) is 37.6 Å². The fourth-order valence-electron chi connectivity index (χ4n) is 3.46. The van der Waals surface area contributed by atoms with Crippen LogP contribution in [0.25, 0.3) is 10.6 Å². The molecule has 144 valence electrons. The number of aryl methyl sites for hydroxylation is 6. The maximum absolute atomic E-state index is 4.75. The first-order valence-electron chi connectivity index (χ1n) is 9.10. The molecule has 0 spiro atoms. The molecule has 0 aliphatic carbocycles. The fraction of sp³-hybridized carbons (Fsp3) is 0.435. The largest absolute Gasteiger partial charge is 4.00 e. The van der Waals surface area contributed by atoms with Crippen LogP contribution < -0.4 is 5.32 Å². The number of hydrogen-bond acceptors (Lipinski definition) is 1. The van der Waals surface area contributed by atoms with E-state index < -0.39 is 0 Å². The summed E-state index contributed by atoms with van der Waals surface area (Å²) < 4.78 is 0. The smallest absolute Gasteiger partial charge is 0.683 e. The first-order chi connectivity index (χ1) is 11.9. The molecule has 2 aromatic carbocycles. The van der Waals surface area contributed by atoms with Crippen LogP contribution in [0, 0.1) is 49.0 Å². The van der Waals surface area contributed by atoms with Crippen LogP contribution in [0.3, 0.4) is 0 Å². The van der Waals surface area contributed by atoms with E-state index in [1.807, 2.05) is 0 Å². The Hall–Kier alpha value is -1.13. The summed E-state index contributed by atoms with van der Waals surface area (Å²) in [5.74, 6) is 0. The average molecular weight is 531 g/mol.